The summed E-state index contributed by atoms with van der Waals surface area (Å²) in [7, 11) is 0. The second-order valence-corrected chi connectivity index (χ2v) is 3.61. The summed E-state index contributed by atoms with van der Waals surface area (Å²) < 4.78 is 0. The average Bonchev–Trinajstić information content (AvgIpc) is 2.73. The van der Waals surface area contributed by atoms with Gasteiger partial charge >= 0.3 is 5.97 Å². The van der Waals surface area contributed by atoms with Gasteiger partial charge in [0.15, 0.2) is 0 Å². The van der Waals surface area contributed by atoms with Crippen molar-refractivity contribution in [1.29, 1.82) is 0 Å². The quantitative estimate of drug-likeness (QED) is 0.788. The van der Waals surface area contributed by atoms with E-state index < -0.39 is 0 Å². The Morgan fingerprint density at radius 1 is 1.33 bits per heavy atom. The molecule has 3 rings (SSSR count). The van der Waals surface area contributed by atoms with Gasteiger partial charge in [-0.15, -0.1) is 0 Å². The molecule has 0 aromatic heterocycles. The Kier molecular flexibility index (Phi) is 6.71. The van der Waals surface area contributed by atoms with Crippen LogP contribution >= 0.6 is 0 Å². The summed E-state index contributed by atoms with van der Waals surface area (Å²) in [4.78, 5) is 16.0. The van der Waals surface area contributed by atoms with Gasteiger partial charge in [0.05, 0.1) is 16.7 Å². The number of hydrogen-bond acceptors (Lipinski definition) is 5. The van der Waals surface area contributed by atoms with E-state index in [2.05, 4.69) is 24.5 Å². The van der Waals surface area contributed by atoms with Crippen LogP contribution in [0, 0.1) is 0 Å². The van der Waals surface area contributed by atoms with E-state index in [1.54, 1.807) is 5.01 Å². The topological polar surface area (TPSA) is 44.8 Å². The molecule has 0 bridgehead atoms. The number of benzene rings is 1. The maximum absolute atomic E-state index is 11.1. The van der Waals surface area contributed by atoms with Crippen LogP contribution in [0.15, 0.2) is 18.2 Å². The third kappa shape index (κ3) is 2.85. The Morgan fingerprint density at radius 3 is 2.72 bits per heavy atom. The second-order valence-electron chi connectivity index (χ2n) is 3.61. The van der Waals surface area contributed by atoms with Gasteiger partial charge in [-0.25, -0.2) is 9.80 Å². The van der Waals surface area contributed by atoms with Crippen LogP contribution in [-0.4, -0.2) is 17.8 Å². The molecule has 1 N–H and O–H groups in total. The van der Waals surface area contributed by atoms with E-state index in [-0.39, 0.29) is 62.9 Å². The molecule has 1 fully saturated rings. The van der Waals surface area contributed by atoms with Gasteiger partial charge < -0.3 is 4.84 Å². The molecular formula is C10H11Co3N3O2. The van der Waals surface area contributed by atoms with Crippen LogP contribution in [-0.2, 0) is 66.4 Å². The number of hydrogen-bond donors (Lipinski definition) is 1. The normalized spacial score (nSPS) is 15.4. The van der Waals surface area contributed by atoms with Gasteiger partial charge in [0.25, 0.3) is 0 Å². The number of aryl methyl sites for hydroxylation is 1. The van der Waals surface area contributed by atoms with Gasteiger partial charge in [-0.05, 0) is 24.1 Å². The summed E-state index contributed by atoms with van der Waals surface area (Å²) in [6, 6.07) is 6.14. The van der Waals surface area contributed by atoms with Gasteiger partial charge in [-0.2, -0.15) is 0 Å². The Morgan fingerprint density at radius 2 is 2.06 bits per heavy atom. The van der Waals surface area contributed by atoms with Crippen LogP contribution in [0.25, 0.3) is 0 Å². The second kappa shape index (κ2) is 6.80. The molecule has 0 amide bonds. The fraction of sp³-hybridized carbons (Fsp3) is 0.300. The summed E-state index contributed by atoms with van der Waals surface area (Å²) >= 11 is 0. The first-order valence-electron chi connectivity index (χ1n) is 4.96. The molecule has 1 aromatic rings. The van der Waals surface area contributed by atoms with Crippen molar-refractivity contribution in [1.82, 2.24) is 5.28 Å². The van der Waals surface area contributed by atoms with Crippen molar-refractivity contribution in [3.63, 3.8) is 0 Å². The molecule has 0 spiro atoms. The molecular weight excluding hydrogens is 371 g/mol. The van der Waals surface area contributed by atoms with Crippen LogP contribution in [0.3, 0.4) is 0 Å². The van der Waals surface area contributed by atoms with Gasteiger partial charge in [-0.1, -0.05) is 13.0 Å². The molecule has 0 atom stereocenters. The third-order valence-corrected chi connectivity index (χ3v) is 2.65. The fourth-order valence-corrected chi connectivity index (χ4v) is 1.84. The number of anilines is 2. The smallest absolute Gasteiger partial charge is 0.326 e. The molecule has 0 unspecified atom stereocenters. The van der Waals surface area contributed by atoms with E-state index in [4.69, 9.17) is 4.84 Å². The molecule has 18 heavy (non-hydrogen) atoms. The fourth-order valence-electron chi connectivity index (χ4n) is 1.84. The molecule has 0 saturated carbocycles. The van der Waals surface area contributed by atoms with Crippen molar-refractivity contribution in [2.45, 2.75) is 13.3 Å². The maximum atomic E-state index is 11.1. The minimum absolute atomic E-state index is 0. The maximum Gasteiger partial charge on any atom is 0.350 e. The van der Waals surface area contributed by atoms with Crippen molar-refractivity contribution >= 4 is 17.3 Å². The van der Waals surface area contributed by atoms with Crippen molar-refractivity contribution in [2.75, 3.05) is 17.0 Å². The van der Waals surface area contributed by atoms with Gasteiger partial charge in [-0.3, -0.25) is 5.43 Å². The molecule has 2 aliphatic rings. The minimum Gasteiger partial charge on any atom is -0.326 e. The summed E-state index contributed by atoms with van der Waals surface area (Å²) in [6.45, 7) is 2.38. The van der Waals surface area contributed by atoms with Crippen molar-refractivity contribution < 1.29 is 60.0 Å². The Bertz CT molecular complexity index is 444. The van der Waals surface area contributed by atoms with Crippen molar-refractivity contribution in [3.05, 3.63) is 23.8 Å². The van der Waals surface area contributed by atoms with E-state index in [0.29, 0.717) is 0 Å². The number of nitrogens with zero attached hydrogens (tertiary/aromatic N) is 2. The number of hydrazine groups is 2. The molecule has 1 aromatic carbocycles. The molecule has 105 valence electrons. The standard InChI is InChI=1S/C10H11N3O2.3Co/c1-2-7-3-4-8-9(5-7)12-6-10(14)15-13(12)11-8;;;/h3-5,11H,2,6H2,1H3;;;. The van der Waals surface area contributed by atoms with Gasteiger partial charge in [0.1, 0.15) is 6.54 Å². The van der Waals surface area contributed by atoms with Crippen LogP contribution in [0.2, 0.25) is 0 Å². The monoisotopic (exact) mass is 382 g/mol. The average molecular weight is 382 g/mol. The first kappa shape index (κ1) is 17.8. The zero-order valence-corrected chi connectivity index (χ0v) is 12.5. The number of carbonyl (C=O) groups excluding carboxylic acids is 1. The van der Waals surface area contributed by atoms with Gasteiger partial charge in [0, 0.05) is 50.3 Å². The first-order chi connectivity index (χ1) is 7.28. The van der Waals surface area contributed by atoms with E-state index >= 15 is 0 Å². The first-order valence-corrected chi connectivity index (χ1v) is 4.96. The van der Waals surface area contributed by atoms with Crippen LogP contribution in [0.5, 0.6) is 0 Å². The summed E-state index contributed by atoms with van der Waals surface area (Å²) in [6.07, 6.45) is 0.982. The summed E-state index contributed by atoms with van der Waals surface area (Å²) in [5.74, 6) is -0.241. The number of carbonyl (C=O) groups is 1. The van der Waals surface area contributed by atoms with Gasteiger partial charge in [0.2, 0.25) is 0 Å². The van der Waals surface area contributed by atoms with Crippen LogP contribution in [0.1, 0.15) is 12.5 Å². The molecule has 2 aliphatic heterocycles. The predicted octanol–water partition coefficient (Wildman–Crippen LogP) is 1.08. The minimum atomic E-state index is -0.241. The van der Waals surface area contributed by atoms with E-state index in [9.17, 15) is 4.79 Å². The predicted molar refractivity (Wildman–Crippen MR) is 54.7 cm³/mol. The zero-order chi connectivity index (χ0) is 10.4. The molecule has 0 aliphatic carbocycles. The van der Waals surface area contributed by atoms with Crippen molar-refractivity contribution in [2.24, 2.45) is 0 Å². The Labute approximate surface area is 136 Å². The Balaban J connectivity index is 0.000000963. The SMILES string of the molecule is CCc1ccc2c(c1)N1CC(=O)ON1N2.[Co].[Co].[Co]. The zero-order valence-electron chi connectivity index (χ0n) is 9.36. The van der Waals surface area contributed by atoms with Crippen LogP contribution in [0.4, 0.5) is 11.4 Å². The van der Waals surface area contributed by atoms with Crippen LogP contribution < -0.4 is 10.4 Å². The third-order valence-electron chi connectivity index (χ3n) is 2.65. The van der Waals surface area contributed by atoms with Crippen molar-refractivity contribution in [3.8, 4) is 0 Å². The number of fused-ring (bicyclic) bond motifs is 3. The largest absolute Gasteiger partial charge is 0.350 e. The molecule has 5 nitrogen and oxygen atoms in total. The molecule has 1 saturated heterocycles. The number of rotatable bonds is 1. The molecule has 2 heterocycles. The summed E-state index contributed by atoms with van der Waals surface area (Å²) in [5, 5.41) is 3.17. The molecule has 3 radical (unpaired) electrons. The summed E-state index contributed by atoms with van der Waals surface area (Å²) in [5.41, 5.74) is 6.21. The van der Waals surface area contributed by atoms with E-state index in [0.717, 1.165) is 17.8 Å². The van der Waals surface area contributed by atoms with E-state index in [1.807, 2.05) is 6.07 Å². The molecule has 8 heteroatoms. The Hall–Kier alpha value is -0.231. The number of nitrogens with one attached hydrogen (secondary N) is 1. The van der Waals surface area contributed by atoms with E-state index in [1.165, 1.54) is 10.8 Å².